The molecule has 0 fully saturated rings. The Morgan fingerprint density at radius 3 is 2.72 bits per heavy atom. The van der Waals surface area contributed by atoms with Crippen LogP contribution >= 0.6 is 0 Å². The fourth-order valence-corrected chi connectivity index (χ4v) is 4.73. The van der Waals surface area contributed by atoms with Crippen molar-refractivity contribution in [1.82, 2.24) is 39.8 Å². The zero-order valence-corrected chi connectivity index (χ0v) is 21.8. The third kappa shape index (κ3) is 4.73. The lowest BCUT2D eigenvalue weighted by atomic mass is 10.0. The Labute approximate surface area is 223 Å². The van der Waals surface area contributed by atoms with Gasteiger partial charge in [0, 0.05) is 43.1 Å². The molecular formula is C28H28FN9O. The number of aliphatic hydroxyl groups excluding tert-OH is 1. The fourth-order valence-electron chi connectivity index (χ4n) is 4.73. The van der Waals surface area contributed by atoms with Crippen molar-refractivity contribution in [1.29, 1.82) is 0 Å². The Kier molecular flexibility index (Phi) is 6.29. The fraction of sp³-hybridized carbons (Fsp3) is 0.214. The Balaban J connectivity index is 1.41. The van der Waals surface area contributed by atoms with Gasteiger partial charge in [0.05, 0.1) is 34.5 Å². The summed E-state index contributed by atoms with van der Waals surface area (Å²) in [5.41, 5.74) is 7.69. The van der Waals surface area contributed by atoms with E-state index in [0.29, 0.717) is 46.2 Å². The van der Waals surface area contributed by atoms with Crippen LogP contribution in [0.15, 0.2) is 54.7 Å². The van der Waals surface area contributed by atoms with Crippen molar-refractivity contribution in [3.05, 3.63) is 66.2 Å². The number of benzene rings is 2. The lowest BCUT2D eigenvalue weighted by Crippen LogP contribution is -2.20. The predicted octanol–water partition coefficient (Wildman–Crippen LogP) is 4.17. The number of H-pyrrole nitrogens is 2. The molecule has 0 unspecified atom stereocenters. The standard InChI is InChI=1S/C28H28FN9O/c1-37(2)10-9-30-18-12-16(11-17(29)13-18)19-5-4-6-22-25(19)33-28(32-22)27-26-23(34-35-27)8-7-21(31-26)20-14-38(3)36-24(20)15-39/h4-8,11-14,30,39H,9-10,15H2,1-3H3,(H,32,33)(H,34,35). The van der Waals surface area contributed by atoms with Gasteiger partial charge in [0.1, 0.15) is 11.3 Å². The van der Waals surface area contributed by atoms with Crippen LogP contribution in [-0.2, 0) is 13.7 Å². The van der Waals surface area contributed by atoms with Gasteiger partial charge in [-0.1, -0.05) is 12.1 Å². The van der Waals surface area contributed by atoms with Gasteiger partial charge in [-0.05, 0) is 56.1 Å². The van der Waals surface area contributed by atoms with E-state index in [2.05, 4.69) is 30.5 Å². The molecule has 0 radical (unpaired) electrons. The lowest BCUT2D eigenvalue weighted by molar-refractivity contribution is 0.276. The number of aliphatic hydroxyl groups is 1. The summed E-state index contributed by atoms with van der Waals surface area (Å²) in [6.45, 7) is 1.35. The second-order valence-electron chi connectivity index (χ2n) is 9.73. The van der Waals surface area contributed by atoms with Gasteiger partial charge in [-0.25, -0.2) is 14.4 Å². The minimum absolute atomic E-state index is 0.187. The van der Waals surface area contributed by atoms with Crippen LogP contribution in [-0.4, -0.2) is 72.1 Å². The second-order valence-corrected chi connectivity index (χ2v) is 9.73. The topological polar surface area (TPSA) is 124 Å². The minimum Gasteiger partial charge on any atom is -0.390 e. The Morgan fingerprint density at radius 2 is 1.90 bits per heavy atom. The van der Waals surface area contributed by atoms with Gasteiger partial charge < -0.3 is 20.3 Å². The number of hydrogen-bond donors (Lipinski definition) is 4. The summed E-state index contributed by atoms with van der Waals surface area (Å²) in [5.74, 6) is 0.225. The van der Waals surface area contributed by atoms with Crippen LogP contribution in [0.2, 0.25) is 0 Å². The normalized spacial score (nSPS) is 11.7. The smallest absolute Gasteiger partial charge is 0.161 e. The summed E-state index contributed by atoms with van der Waals surface area (Å²) in [6, 6.07) is 14.5. The number of nitrogens with zero attached hydrogens (tertiary/aromatic N) is 6. The summed E-state index contributed by atoms with van der Waals surface area (Å²) in [7, 11) is 5.80. The molecule has 10 nitrogen and oxygen atoms in total. The number of para-hydroxylation sites is 1. The van der Waals surface area contributed by atoms with Gasteiger partial charge in [0.15, 0.2) is 11.5 Å². The molecule has 6 rings (SSSR count). The van der Waals surface area contributed by atoms with Gasteiger partial charge >= 0.3 is 0 Å². The SMILES string of the molecule is CN(C)CCNc1cc(F)cc(-c2cccc3[nH]c(-c4n[nH]c5ccc(-c6cn(C)nc6CO)nc45)nc23)c1. The average Bonchev–Trinajstić information content (AvgIpc) is 3.63. The van der Waals surface area contributed by atoms with E-state index < -0.39 is 0 Å². The number of hydrogen-bond acceptors (Lipinski definition) is 7. The number of likely N-dealkylation sites (N-methyl/N-ethyl adjacent to an activating group) is 1. The highest BCUT2D eigenvalue weighted by molar-refractivity contribution is 5.96. The third-order valence-electron chi connectivity index (χ3n) is 6.57. The molecule has 0 bridgehead atoms. The summed E-state index contributed by atoms with van der Waals surface area (Å²) in [5, 5.41) is 24.9. The number of nitrogens with one attached hydrogen (secondary N) is 3. The molecular weight excluding hydrogens is 497 g/mol. The highest BCUT2D eigenvalue weighted by Gasteiger charge is 2.18. The summed E-state index contributed by atoms with van der Waals surface area (Å²) < 4.78 is 16.3. The van der Waals surface area contributed by atoms with E-state index in [0.717, 1.165) is 34.3 Å². The number of fused-ring (bicyclic) bond motifs is 2. The van der Waals surface area contributed by atoms with Gasteiger partial charge in [-0.2, -0.15) is 10.2 Å². The predicted molar refractivity (Wildman–Crippen MR) is 150 cm³/mol. The van der Waals surface area contributed by atoms with Gasteiger partial charge in [-0.3, -0.25) is 9.78 Å². The second kappa shape index (κ2) is 9.93. The number of anilines is 1. The van der Waals surface area contributed by atoms with E-state index in [1.807, 2.05) is 56.7 Å². The third-order valence-corrected chi connectivity index (χ3v) is 6.57. The van der Waals surface area contributed by atoms with Crippen LogP contribution in [0.4, 0.5) is 10.1 Å². The molecule has 4 aromatic heterocycles. The monoisotopic (exact) mass is 525 g/mol. The molecule has 2 aromatic carbocycles. The number of aryl methyl sites for hydroxylation is 1. The van der Waals surface area contributed by atoms with Crippen LogP contribution in [0.1, 0.15) is 5.69 Å². The molecule has 11 heteroatoms. The minimum atomic E-state index is -0.319. The van der Waals surface area contributed by atoms with Crippen LogP contribution in [0, 0.1) is 5.82 Å². The Morgan fingerprint density at radius 1 is 1.03 bits per heavy atom. The van der Waals surface area contributed by atoms with Crippen molar-refractivity contribution >= 4 is 27.8 Å². The first kappa shape index (κ1) is 24.7. The molecule has 0 amide bonds. The first-order valence-electron chi connectivity index (χ1n) is 12.6. The number of aromatic nitrogens is 7. The first-order chi connectivity index (χ1) is 18.9. The van der Waals surface area contributed by atoms with Crippen molar-refractivity contribution in [3.63, 3.8) is 0 Å². The zero-order chi connectivity index (χ0) is 27.1. The molecule has 0 aliphatic carbocycles. The van der Waals surface area contributed by atoms with Crippen LogP contribution in [0.3, 0.4) is 0 Å². The van der Waals surface area contributed by atoms with E-state index >= 15 is 0 Å². The maximum absolute atomic E-state index is 14.6. The van der Waals surface area contributed by atoms with Crippen molar-refractivity contribution < 1.29 is 9.50 Å². The molecule has 0 saturated carbocycles. The molecule has 6 aromatic rings. The maximum Gasteiger partial charge on any atom is 0.161 e. The zero-order valence-electron chi connectivity index (χ0n) is 21.8. The number of halogens is 1. The van der Waals surface area contributed by atoms with Crippen LogP contribution in [0.5, 0.6) is 0 Å². The number of rotatable bonds is 8. The Hall–Kier alpha value is -4.61. The van der Waals surface area contributed by atoms with Crippen LogP contribution < -0.4 is 5.32 Å². The molecule has 39 heavy (non-hydrogen) atoms. The van der Waals surface area contributed by atoms with E-state index in [1.165, 1.54) is 12.1 Å². The van der Waals surface area contributed by atoms with Crippen molar-refractivity contribution in [2.75, 3.05) is 32.5 Å². The van der Waals surface area contributed by atoms with Crippen molar-refractivity contribution in [2.45, 2.75) is 6.61 Å². The summed E-state index contributed by atoms with van der Waals surface area (Å²) in [6.07, 6.45) is 1.83. The van der Waals surface area contributed by atoms with E-state index in [-0.39, 0.29) is 12.4 Å². The Bertz CT molecular complexity index is 1800. The molecule has 198 valence electrons. The molecule has 4 N–H and O–H groups in total. The van der Waals surface area contributed by atoms with E-state index in [9.17, 15) is 9.50 Å². The summed E-state index contributed by atoms with van der Waals surface area (Å²) >= 11 is 0. The van der Waals surface area contributed by atoms with Gasteiger partial charge in [0.2, 0.25) is 0 Å². The van der Waals surface area contributed by atoms with Crippen molar-refractivity contribution in [2.24, 2.45) is 7.05 Å². The molecule has 0 aliphatic rings. The van der Waals surface area contributed by atoms with E-state index in [1.54, 1.807) is 11.7 Å². The molecule has 0 atom stereocenters. The number of imidazole rings is 1. The van der Waals surface area contributed by atoms with Gasteiger partial charge in [0.25, 0.3) is 0 Å². The maximum atomic E-state index is 14.6. The molecule has 0 spiro atoms. The molecule has 0 saturated heterocycles. The highest BCUT2D eigenvalue weighted by atomic mass is 19.1. The van der Waals surface area contributed by atoms with Crippen molar-refractivity contribution in [3.8, 4) is 33.9 Å². The first-order valence-corrected chi connectivity index (χ1v) is 12.6. The lowest BCUT2D eigenvalue weighted by Gasteiger charge is -2.13. The average molecular weight is 526 g/mol. The highest BCUT2D eigenvalue weighted by Crippen LogP contribution is 2.33. The molecule has 0 aliphatic heterocycles. The van der Waals surface area contributed by atoms with E-state index in [4.69, 9.17) is 9.97 Å². The number of pyridine rings is 1. The summed E-state index contributed by atoms with van der Waals surface area (Å²) in [4.78, 5) is 15.1. The number of aromatic amines is 2. The quantitative estimate of drug-likeness (QED) is 0.235. The van der Waals surface area contributed by atoms with Gasteiger partial charge in [-0.15, -0.1) is 0 Å². The molecule has 4 heterocycles. The van der Waals surface area contributed by atoms with Crippen LogP contribution in [0.25, 0.3) is 56.0 Å². The largest absolute Gasteiger partial charge is 0.390 e.